The monoisotopic (exact) mass is 442 g/mol. The summed E-state index contributed by atoms with van der Waals surface area (Å²) in [5, 5.41) is 9.54. The van der Waals surface area contributed by atoms with Crippen molar-refractivity contribution in [3.05, 3.63) is 74.8 Å². The quantitative estimate of drug-likeness (QED) is 0.463. The fourth-order valence-corrected chi connectivity index (χ4v) is 4.54. The van der Waals surface area contributed by atoms with Gasteiger partial charge in [0.05, 0.1) is 18.5 Å². The van der Waals surface area contributed by atoms with Gasteiger partial charge in [0.1, 0.15) is 22.2 Å². The topological polar surface area (TPSA) is 94.6 Å². The summed E-state index contributed by atoms with van der Waals surface area (Å²) in [5.41, 5.74) is 1.18. The fourth-order valence-electron chi connectivity index (χ4n) is 3.48. The second-order valence-corrected chi connectivity index (χ2v) is 8.16. The molecule has 4 rings (SSSR count). The predicted molar refractivity (Wildman–Crippen MR) is 114 cm³/mol. The van der Waals surface area contributed by atoms with Crippen LogP contribution in [0.4, 0.5) is 4.39 Å². The van der Waals surface area contributed by atoms with Crippen LogP contribution in [0.25, 0.3) is 21.3 Å². The van der Waals surface area contributed by atoms with E-state index in [0.717, 1.165) is 16.0 Å². The zero-order valence-electron chi connectivity index (χ0n) is 16.8. The highest BCUT2D eigenvalue weighted by molar-refractivity contribution is 7.19. The number of fused-ring (bicyclic) bond motifs is 1. The molecule has 1 N–H and O–H groups in total. The molecule has 9 heteroatoms. The van der Waals surface area contributed by atoms with Crippen molar-refractivity contribution in [3.8, 4) is 11.1 Å². The van der Waals surface area contributed by atoms with Gasteiger partial charge in [-0.05, 0) is 36.8 Å². The van der Waals surface area contributed by atoms with Crippen molar-refractivity contribution in [2.24, 2.45) is 0 Å². The minimum absolute atomic E-state index is 0.0336. The molecular weight excluding hydrogens is 423 g/mol. The van der Waals surface area contributed by atoms with Gasteiger partial charge in [-0.25, -0.2) is 14.2 Å². The Labute approximate surface area is 180 Å². The molecule has 7 nitrogen and oxygen atoms in total. The van der Waals surface area contributed by atoms with Crippen molar-refractivity contribution in [1.82, 2.24) is 9.55 Å². The van der Waals surface area contributed by atoms with Crippen molar-refractivity contribution in [2.75, 3.05) is 13.7 Å². The molecule has 0 fully saturated rings. The van der Waals surface area contributed by atoms with Crippen LogP contribution < -0.4 is 5.56 Å². The molecule has 3 heterocycles. The first kappa shape index (κ1) is 21.0. The van der Waals surface area contributed by atoms with Crippen LogP contribution in [0, 0.1) is 12.7 Å². The molecule has 160 valence electrons. The average molecular weight is 442 g/mol. The summed E-state index contributed by atoms with van der Waals surface area (Å²) in [6.07, 6.45) is 0.400. The molecule has 31 heavy (non-hydrogen) atoms. The minimum Gasteiger partial charge on any atom is -0.475 e. The summed E-state index contributed by atoms with van der Waals surface area (Å²) in [6, 6.07) is 8.86. The Bertz CT molecular complexity index is 1320. The number of aromatic carboxylic acids is 1. The van der Waals surface area contributed by atoms with E-state index in [-0.39, 0.29) is 23.7 Å². The average Bonchev–Trinajstić information content (AvgIpc) is 3.34. The Morgan fingerprint density at radius 3 is 2.65 bits per heavy atom. The summed E-state index contributed by atoms with van der Waals surface area (Å²) < 4.78 is 25.4. The number of carboxylic acid groups (broad SMARTS) is 1. The molecule has 0 spiro atoms. The maximum Gasteiger partial charge on any atom is 0.371 e. The van der Waals surface area contributed by atoms with Crippen molar-refractivity contribution >= 4 is 27.5 Å². The van der Waals surface area contributed by atoms with Gasteiger partial charge in [-0.2, -0.15) is 0 Å². The second-order valence-electron chi connectivity index (χ2n) is 6.95. The van der Waals surface area contributed by atoms with Gasteiger partial charge in [0.15, 0.2) is 0 Å². The molecule has 0 aliphatic heterocycles. The largest absolute Gasteiger partial charge is 0.475 e. The Kier molecular flexibility index (Phi) is 5.71. The zero-order chi connectivity index (χ0) is 22.1. The number of halogens is 1. The number of hydrogen-bond acceptors (Lipinski definition) is 6. The second kappa shape index (κ2) is 8.44. The van der Waals surface area contributed by atoms with E-state index in [1.54, 1.807) is 19.2 Å². The van der Waals surface area contributed by atoms with Crippen LogP contribution in [0.5, 0.6) is 0 Å². The summed E-state index contributed by atoms with van der Waals surface area (Å²) in [6.45, 7) is 2.30. The first-order valence-corrected chi connectivity index (χ1v) is 10.3. The van der Waals surface area contributed by atoms with E-state index in [0.29, 0.717) is 34.8 Å². The van der Waals surface area contributed by atoms with Crippen molar-refractivity contribution < 1.29 is 23.4 Å². The molecule has 0 unspecified atom stereocenters. The van der Waals surface area contributed by atoms with Gasteiger partial charge in [0, 0.05) is 24.0 Å². The lowest BCUT2D eigenvalue weighted by Crippen LogP contribution is -2.26. The number of aromatic nitrogens is 2. The van der Waals surface area contributed by atoms with Gasteiger partial charge >= 0.3 is 5.97 Å². The molecule has 0 bridgehead atoms. The minimum atomic E-state index is -1.18. The number of carboxylic acids is 1. The van der Waals surface area contributed by atoms with Gasteiger partial charge in [-0.1, -0.05) is 12.1 Å². The number of aryl methyl sites for hydroxylation is 1. The van der Waals surface area contributed by atoms with Crippen LogP contribution in [-0.4, -0.2) is 34.3 Å². The molecule has 0 radical (unpaired) electrons. The molecule has 0 aliphatic carbocycles. The van der Waals surface area contributed by atoms with Crippen LogP contribution in [0.1, 0.15) is 27.0 Å². The molecule has 0 saturated carbocycles. The van der Waals surface area contributed by atoms with Crippen molar-refractivity contribution in [2.45, 2.75) is 19.9 Å². The Morgan fingerprint density at radius 1 is 1.26 bits per heavy atom. The Morgan fingerprint density at radius 2 is 2.00 bits per heavy atom. The maximum absolute atomic E-state index is 13.6. The number of furan rings is 1. The normalized spacial score (nSPS) is 11.3. The third-order valence-electron chi connectivity index (χ3n) is 4.92. The van der Waals surface area contributed by atoms with Crippen LogP contribution >= 0.6 is 11.3 Å². The summed E-state index contributed by atoms with van der Waals surface area (Å²) >= 11 is 1.40. The van der Waals surface area contributed by atoms with Crippen LogP contribution in [0.15, 0.2) is 45.6 Å². The molecule has 0 amide bonds. The van der Waals surface area contributed by atoms with E-state index >= 15 is 0 Å². The summed E-state index contributed by atoms with van der Waals surface area (Å²) in [7, 11) is 1.56. The number of carbonyl (C=O) groups is 1. The number of benzene rings is 1. The molecule has 0 atom stereocenters. The number of ether oxygens (including phenoxy) is 1. The van der Waals surface area contributed by atoms with Gasteiger partial charge in [0.25, 0.3) is 5.56 Å². The van der Waals surface area contributed by atoms with Crippen LogP contribution in [0.3, 0.4) is 0 Å². The van der Waals surface area contributed by atoms with Crippen LogP contribution in [-0.2, 0) is 17.7 Å². The molecule has 0 saturated heterocycles. The molecule has 3 aromatic heterocycles. The SMILES string of the molecule is COCCc1nc2sc(C)c(-c3ccc(F)cc3)c2c(=O)n1Cc1ccc(C(=O)O)o1. The summed E-state index contributed by atoms with van der Waals surface area (Å²) in [4.78, 5) is 30.9. The number of thiophene rings is 1. The molecule has 0 aliphatic rings. The number of rotatable bonds is 7. The zero-order valence-corrected chi connectivity index (χ0v) is 17.7. The third-order valence-corrected chi connectivity index (χ3v) is 5.92. The lowest BCUT2D eigenvalue weighted by Gasteiger charge is -2.12. The lowest BCUT2D eigenvalue weighted by atomic mass is 10.0. The van der Waals surface area contributed by atoms with Gasteiger partial charge < -0.3 is 14.3 Å². The van der Waals surface area contributed by atoms with E-state index < -0.39 is 5.97 Å². The van der Waals surface area contributed by atoms with E-state index in [4.69, 9.17) is 19.2 Å². The first-order valence-electron chi connectivity index (χ1n) is 9.48. The number of methoxy groups -OCH3 is 1. The van der Waals surface area contributed by atoms with E-state index in [1.165, 1.54) is 40.2 Å². The summed E-state index contributed by atoms with van der Waals surface area (Å²) in [5.74, 6) is -0.896. The van der Waals surface area contributed by atoms with Crippen molar-refractivity contribution in [1.29, 1.82) is 0 Å². The first-order chi connectivity index (χ1) is 14.9. The van der Waals surface area contributed by atoms with Gasteiger partial charge in [-0.3, -0.25) is 9.36 Å². The highest BCUT2D eigenvalue weighted by Gasteiger charge is 2.21. The lowest BCUT2D eigenvalue weighted by molar-refractivity contribution is 0.0660. The molecule has 1 aromatic carbocycles. The predicted octanol–water partition coefficient (Wildman–Crippen LogP) is 4.10. The highest BCUT2D eigenvalue weighted by atomic mass is 32.1. The van der Waals surface area contributed by atoms with E-state index in [9.17, 15) is 14.0 Å². The molecule has 4 aromatic rings. The Hall–Kier alpha value is -3.30. The van der Waals surface area contributed by atoms with E-state index in [2.05, 4.69) is 0 Å². The smallest absolute Gasteiger partial charge is 0.371 e. The third kappa shape index (κ3) is 4.01. The maximum atomic E-state index is 13.6. The van der Waals surface area contributed by atoms with Gasteiger partial charge in [0.2, 0.25) is 5.76 Å². The highest BCUT2D eigenvalue weighted by Crippen LogP contribution is 2.36. The molecular formula is C22H19FN2O5S. The Balaban J connectivity index is 1.90. The van der Waals surface area contributed by atoms with Crippen LogP contribution in [0.2, 0.25) is 0 Å². The van der Waals surface area contributed by atoms with Crippen molar-refractivity contribution in [3.63, 3.8) is 0 Å². The fraction of sp³-hybridized carbons (Fsp3) is 0.227. The standard InChI is InChI=1S/C22H19FN2O5S/c1-12-18(13-3-5-14(23)6-4-13)19-20(31-12)24-17(9-10-29-2)25(21(19)26)11-15-7-8-16(30-15)22(27)28/h3-8H,9-11H2,1-2H3,(H,27,28). The number of hydrogen-bond donors (Lipinski definition) is 1. The van der Waals surface area contributed by atoms with Gasteiger partial charge in [-0.15, -0.1) is 11.3 Å². The van der Waals surface area contributed by atoms with E-state index in [1.807, 2.05) is 6.92 Å². The number of nitrogens with zero attached hydrogens (tertiary/aromatic N) is 2.